The summed E-state index contributed by atoms with van der Waals surface area (Å²) in [5.41, 5.74) is 9.74. The molecule has 0 bridgehead atoms. The molecule has 0 spiro atoms. The van der Waals surface area contributed by atoms with E-state index in [0.29, 0.717) is 13.2 Å². The Hall–Kier alpha value is -1.37. The molecule has 1 aromatic rings. The third kappa shape index (κ3) is 4.59. The van der Waals surface area contributed by atoms with Crippen LogP contribution < -0.4 is 0 Å². The van der Waals surface area contributed by atoms with Crippen LogP contribution in [0.25, 0.3) is 10.4 Å². The van der Waals surface area contributed by atoms with Gasteiger partial charge in [-0.25, -0.2) is 0 Å². The molecule has 1 aliphatic heterocycles. The van der Waals surface area contributed by atoms with E-state index in [0.717, 1.165) is 5.56 Å². The monoisotopic (exact) mass is 349 g/mol. The van der Waals surface area contributed by atoms with Crippen molar-refractivity contribution in [3.8, 4) is 0 Å². The Labute approximate surface area is 144 Å². The Morgan fingerprint density at radius 3 is 2.54 bits per heavy atom. The van der Waals surface area contributed by atoms with Gasteiger partial charge in [0.1, 0.15) is 0 Å². The second kappa shape index (κ2) is 7.67. The number of hydrogen-bond acceptors (Lipinski definition) is 4. The molecule has 0 N–H and O–H groups in total. The van der Waals surface area contributed by atoms with Crippen LogP contribution in [-0.4, -0.2) is 33.7 Å². The molecule has 6 nitrogen and oxygen atoms in total. The van der Waals surface area contributed by atoms with Crippen LogP contribution >= 0.6 is 0 Å². The molecule has 0 radical (unpaired) electrons. The predicted octanol–water partition coefficient (Wildman–Crippen LogP) is 4.80. The first-order chi connectivity index (χ1) is 11.2. The van der Waals surface area contributed by atoms with Crippen molar-refractivity contribution < 1.29 is 13.9 Å². The Morgan fingerprint density at radius 2 is 1.96 bits per heavy atom. The van der Waals surface area contributed by atoms with Gasteiger partial charge in [-0.1, -0.05) is 56.2 Å². The van der Waals surface area contributed by atoms with Gasteiger partial charge in [-0.15, -0.1) is 0 Å². The molecule has 132 valence electrons. The van der Waals surface area contributed by atoms with Crippen LogP contribution in [0.15, 0.2) is 35.4 Å². The molecule has 1 saturated heterocycles. The molecule has 1 fully saturated rings. The molecule has 7 heteroatoms. The van der Waals surface area contributed by atoms with Gasteiger partial charge in [0.2, 0.25) is 0 Å². The molecular formula is C17H27N3O3Si. The summed E-state index contributed by atoms with van der Waals surface area (Å²) < 4.78 is 18.1. The molecule has 1 unspecified atom stereocenters. The van der Waals surface area contributed by atoms with Crippen molar-refractivity contribution in [2.24, 2.45) is 5.11 Å². The van der Waals surface area contributed by atoms with Crippen molar-refractivity contribution in [1.82, 2.24) is 0 Å². The molecule has 1 aliphatic rings. The summed E-state index contributed by atoms with van der Waals surface area (Å²) in [6.07, 6.45) is -0.765. The highest BCUT2D eigenvalue weighted by molar-refractivity contribution is 6.74. The van der Waals surface area contributed by atoms with Crippen LogP contribution in [-0.2, 0) is 13.9 Å². The summed E-state index contributed by atoms with van der Waals surface area (Å²) in [5, 5.41) is 3.94. The highest BCUT2D eigenvalue weighted by atomic mass is 28.4. The van der Waals surface area contributed by atoms with Crippen LogP contribution in [0.3, 0.4) is 0 Å². The molecule has 2 rings (SSSR count). The standard InChI is InChI=1S/C17H27N3O3Si/c1-17(2,3)24(4,5)22-12-15-14(19-20-18)11-21-16(23-15)13-9-7-6-8-10-13/h6-10,14-16H,11-12H2,1-5H3/t14-,15+,16?/m1/s1. The third-order valence-electron chi connectivity index (χ3n) is 4.83. The second-order valence-electron chi connectivity index (χ2n) is 7.59. The molecule has 0 saturated carbocycles. The Morgan fingerprint density at radius 1 is 1.29 bits per heavy atom. The summed E-state index contributed by atoms with van der Waals surface area (Å²) in [6.45, 7) is 11.7. The summed E-state index contributed by atoms with van der Waals surface area (Å²) >= 11 is 0. The van der Waals surface area contributed by atoms with Gasteiger partial charge in [0.15, 0.2) is 14.6 Å². The van der Waals surface area contributed by atoms with Crippen LogP contribution in [0, 0.1) is 0 Å². The normalized spacial score (nSPS) is 25.1. The van der Waals surface area contributed by atoms with E-state index >= 15 is 0 Å². The molecule has 0 amide bonds. The van der Waals surface area contributed by atoms with Crippen LogP contribution in [0.1, 0.15) is 32.6 Å². The van der Waals surface area contributed by atoms with Gasteiger partial charge >= 0.3 is 0 Å². The lowest BCUT2D eigenvalue weighted by atomic mass is 10.1. The fourth-order valence-electron chi connectivity index (χ4n) is 2.20. The zero-order valence-corrected chi connectivity index (χ0v) is 16.1. The Balaban J connectivity index is 2.09. The smallest absolute Gasteiger partial charge is 0.192 e. The van der Waals surface area contributed by atoms with E-state index in [9.17, 15) is 0 Å². The molecule has 1 aromatic carbocycles. The van der Waals surface area contributed by atoms with Gasteiger partial charge in [0, 0.05) is 10.5 Å². The number of hydrogen-bond donors (Lipinski definition) is 0. The van der Waals surface area contributed by atoms with E-state index in [4.69, 9.17) is 19.4 Å². The van der Waals surface area contributed by atoms with Gasteiger partial charge in [-0.2, -0.15) is 0 Å². The van der Waals surface area contributed by atoms with E-state index in [1.165, 1.54) is 0 Å². The molecule has 0 aromatic heterocycles. The lowest BCUT2D eigenvalue weighted by molar-refractivity contribution is -0.230. The van der Waals surface area contributed by atoms with Crippen LogP contribution in [0.4, 0.5) is 0 Å². The Bertz CT molecular complexity index is 582. The van der Waals surface area contributed by atoms with Crippen LogP contribution in [0.5, 0.6) is 0 Å². The molecule has 1 heterocycles. The lowest BCUT2D eigenvalue weighted by Gasteiger charge is -2.40. The van der Waals surface area contributed by atoms with Gasteiger partial charge in [-0.3, -0.25) is 0 Å². The van der Waals surface area contributed by atoms with Crippen molar-refractivity contribution in [1.29, 1.82) is 0 Å². The number of ether oxygens (including phenoxy) is 2. The number of azide groups is 1. The van der Waals surface area contributed by atoms with Crippen molar-refractivity contribution in [3.05, 3.63) is 46.3 Å². The first-order valence-electron chi connectivity index (χ1n) is 8.25. The SMILES string of the molecule is CC(C)(C)[Si](C)(C)OC[C@@H]1OC(c2ccccc2)OC[C@H]1N=[N+]=[N-]. The largest absolute Gasteiger partial charge is 0.414 e. The third-order valence-corrected chi connectivity index (χ3v) is 9.33. The number of benzene rings is 1. The quantitative estimate of drug-likeness (QED) is 0.331. The van der Waals surface area contributed by atoms with Crippen molar-refractivity contribution in [2.75, 3.05) is 13.2 Å². The lowest BCUT2D eigenvalue weighted by Crippen LogP contribution is -2.47. The predicted molar refractivity (Wildman–Crippen MR) is 96.1 cm³/mol. The molecule has 24 heavy (non-hydrogen) atoms. The van der Waals surface area contributed by atoms with Crippen molar-refractivity contribution >= 4 is 8.32 Å². The average molecular weight is 350 g/mol. The number of nitrogens with zero attached hydrogens (tertiary/aromatic N) is 3. The summed E-state index contributed by atoms with van der Waals surface area (Å²) in [6, 6.07) is 9.40. The first kappa shape index (κ1) is 19.0. The van der Waals surface area contributed by atoms with E-state index < -0.39 is 14.6 Å². The van der Waals surface area contributed by atoms with E-state index in [2.05, 4.69) is 43.9 Å². The van der Waals surface area contributed by atoms with Gasteiger partial charge in [-0.05, 0) is 23.7 Å². The maximum absolute atomic E-state index is 8.79. The van der Waals surface area contributed by atoms with Gasteiger partial charge in [0.05, 0.1) is 25.4 Å². The first-order valence-corrected chi connectivity index (χ1v) is 11.2. The maximum Gasteiger partial charge on any atom is 0.192 e. The van der Waals surface area contributed by atoms with Crippen LogP contribution in [0.2, 0.25) is 18.1 Å². The molecule has 3 atom stereocenters. The van der Waals surface area contributed by atoms with E-state index in [1.807, 2.05) is 30.3 Å². The average Bonchev–Trinajstić information content (AvgIpc) is 2.54. The molecule has 0 aliphatic carbocycles. The zero-order chi connectivity index (χ0) is 17.8. The summed E-state index contributed by atoms with van der Waals surface area (Å²) in [7, 11) is -1.90. The van der Waals surface area contributed by atoms with Gasteiger partial charge < -0.3 is 13.9 Å². The van der Waals surface area contributed by atoms with E-state index in [-0.39, 0.29) is 17.2 Å². The highest BCUT2D eigenvalue weighted by Gasteiger charge is 2.40. The molecular weight excluding hydrogens is 322 g/mol. The van der Waals surface area contributed by atoms with Crippen molar-refractivity contribution in [3.63, 3.8) is 0 Å². The highest BCUT2D eigenvalue weighted by Crippen LogP contribution is 2.37. The minimum absolute atomic E-state index is 0.116. The van der Waals surface area contributed by atoms with E-state index in [1.54, 1.807) is 0 Å². The minimum atomic E-state index is -1.90. The van der Waals surface area contributed by atoms with Gasteiger partial charge in [0.25, 0.3) is 0 Å². The Kier molecular flexibility index (Phi) is 6.06. The fraction of sp³-hybridized carbons (Fsp3) is 0.647. The zero-order valence-electron chi connectivity index (χ0n) is 15.1. The second-order valence-corrected chi connectivity index (χ2v) is 12.4. The minimum Gasteiger partial charge on any atom is -0.414 e. The summed E-state index contributed by atoms with van der Waals surface area (Å²) in [5.74, 6) is 0. The number of rotatable bonds is 5. The fourth-order valence-corrected chi connectivity index (χ4v) is 3.21. The maximum atomic E-state index is 8.79. The topological polar surface area (TPSA) is 76.5 Å². The summed E-state index contributed by atoms with van der Waals surface area (Å²) in [4.78, 5) is 2.92. The van der Waals surface area contributed by atoms with Crippen molar-refractivity contribution in [2.45, 2.75) is 57.3 Å².